The van der Waals surface area contributed by atoms with Crippen molar-refractivity contribution < 1.29 is 59.2 Å². The first-order valence-electron chi connectivity index (χ1n) is 13.5. The molecule has 51 heavy (non-hydrogen) atoms. The van der Waals surface area contributed by atoms with Crippen LogP contribution in [0.15, 0.2) is 114 Å². The fourth-order valence-corrected chi connectivity index (χ4v) is 6.18. The fraction of sp³-hybridized carbons (Fsp3) is 0. The Bertz CT molecular complexity index is 2640. The molecule has 0 aliphatic rings. The molecule has 0 fully saturated rings. The molecule has 5 rings (SSSR count). The van der Waals surface area contributed by atoms with Gasteiger partial charge in [-0.05, 0) is 53.9 Å². The first-order chi connectivity index (χ1) is 23.7. The lowest BCUT2D eigenvalue weighted by atomic mass is 10.1. The molecule has 23 heteroatoms. The summed E-state index contributed by atoms with van der Waals surface area (Å²) in [5.74, 6) is -1.99. The standard InChI is InChI=1S/C28H20N6O14S3/c35-24-13-25(36)22(32-33-23-10-18(49(40,41)42)7-14-8-19(50(43,44)45)11-26(37)28(14)23)12-21(24)31-30-16-3-1-15(2-4-16)29-20-6-5-17(34(38)39)9-27(20)51(46,47)48/h1-13,29,35-37H,(H,40,41,42)(H,43,44,45)(H,46,47,48). The molecule has 0 heterocycles. The van der Waals surface area contributed by atoms with Gasteiger partial charge in [0.2, 0.25) is 0 Å². The summed E-state index contributed by atoms with van der Waals surface area (Å²) in [6, 6.07) is 13.3. The van der Waals surface area contributed by atoms with Gasteiger partial charge in [-0.1, -0.05) is 0 Å². The molecule has 20 nitrogen and oxygen atoms in total. The largest absolute Gasteiger partial charge is 0.507 e. The van der Waals surface area contributed by atoms with Crippen molar-refractivity contribution in [3.05, 3.63) is 89.0 Å². The molecule has 5 aromatic carbocycles. The molecule has 0 bridgehead atoms. The number of nitrogens with one attached hydrogen (secondary N) is 1. The number of nitro groups is 1. The van der Waals surface area contributed by atoms with E-state index in [2.05, 4.69) is 25.8 Å². The Morgan fingerprint density at radius 2 is 1.14 bits per heavy atom. The van der Waals surface area contributed by atoms with Gasteiger partial charge in [0.05, 0.1) is 37.2 Å². The molecule has 0 radical (unpaired) electrons. The SMILES string of the molecule is O=[N+]([O-])c1ccc(Nc2ccc(N=Nc3cc(N=Nc4cc(S(=O)(=O)O)cc5cc(S(=O)(=O)O)cc(O)c45)c(O)cc3O)cc2)c(S(=O)(=O)O)c1. The highest BCUT2D eigenvalue weighted by Crippen LogP contribution is 2.42. The number of rotatable bonds is 10. The number of hydrogen-bond donors (Lipinski definition) is 7. The average molecular weight is 761 g/mol. The Morgan fingerprint density at radius 3 is 1.69 bits per heavy atom. The van der Waals surface area contributed by atoms with Crippen LogP contribution in [0.4, 0.5) is 39.8 Å². The van der Waals surface area contributed by atoms with Crippen molar-refractivity contribution in [2.45, 2.75) is 14.7 Å². The van der Waals surface area contributed by atoms with Gasteiger partial charge in [0.25, 0.3) is 36.0 Å². The Balaban J connectivity index is 1.44. The van der Waals surface area contributed by atoms with E-state index in [0.29, 0.717) is 12.1 Å². The van der Waals surface area contributed by atoms with Gasteiger partial charge in [-0.15, -0.1) is 15.3 Å². The highest BCUT2D eigenvalue weighted by molar-refractivity contribution is 7.86. The number of non-ortho nitro benzene ring substituents is 1. The summed E-state index contributed by atoms with van der Waals surface area (Å²) in [5, 5.41) is 59.9. The van der Waals surface area contributed by atoms with Crippen molar-refractivity contribution in [1.82, 2.24) is 0 Å². The minimum Gasteiger partial charge on any atom is -0.507 e. The van der Waals surface area contributed by atoms with Crippen LogP contribution in [0.5, 0.6) is 17.2 Å². The van der Waals surface area contributed by atoms with E-state index in [9.17, 15) is 64.3 Å². The Labute approximate surface area is 286 Å². The van der Waals surface area contributed by atoms with Crippen molar-refractivity contribution >= 4 is 80.9 Å². The maximum Gasteiger partial charge on any atom is 0.296 e. The normalized spacial score (nSPS) is 12.5. The predicted octanol–water partition coefficient (Wildman–Crippen LogP) is 6.18. The highest BCUT2D eigenvalue weighted by Gasteiger charge is 2.22. The number of phenolic OH excluding ortho intramolecular Hbond substituents is 3. The molecular weight excluding hydrogens is 741 g/mol. The lowest BCUT2D eigenvalue weighted by Gasteiger charge is -2.10. The molecule has 0 aliphatic carbocycles. The van der Waals surface area contributed by atoms with Crippen LogP contribution in [0, 0.1) is 10.1 Å². The third kappa shape index (κ3) is 8.20. The van der Waals surface area contributed by atoms with Crippen LogP contribution < -0.4 is 5.32 Å². The van der Waals surface area contributed by atoms with Crippen LogP contribution in [0.2, 0.25) is 0 Å². The summed E-state index contributed by atoms with van der Waals surface area (Å²) in [7, 11) is -14.6. The number of fused-ring (bicyclic) bond motifs is 1. The molecule has 0 spiro atoms. The van der Waals surface area contributed by atoms with Crippen LogP contribution in [-0.4, -0.2) is 59.2 Å². The average Bonchev–Trinajstić information content (AvgIpc) is 3.02. The van der Waals surface area contributed by atoms with Crippen LogP contribution >= 0.6 is 0 Å². The Morgan fingerprint density at radius 1 is 0.588 bits per heavy atom. The van der Waals surface area contributed by atoms with Gasteiger partial charge >= 0.3 is 0 Å². The maximum absolute atomic E-state index is 11.9. The molecule has 0 atom stereocenters. The summed E-state index contributed by atoms with van der Waals surface area (Å²) in [4.78, 5) is 7.88. The van der Waals surface area contributed by atoms with Crippen molar-refractivity contribution in [3.63, 3.8) is 0 Å². The van der Waals surface area contributed by atoms with Crippen LogP contribution in [0.25, 0.3) is 10.8 Å². The van der Waals surface area contributed by atoms with E-state index in [-0.39, 0.29) is 39.2 Å². The van der Waals surface area contributed by atoms with E-state index < -0.39 is 78.6 Å². The van der Waals surface area contributed by atoms with Gasteiger partial charge in [-0.3, -0.25) is 23.8 Å². The van der Waals surface area contributed by atoms with E-state index in [0.717, 1.165) is 42.5 Å². The smallest absolute Gasteiger partial charge is 0.296 e. The fourth-order valence-electron chi connectivity index (χ4n) is 4.44. The van der Waals surface area contributed by atoms with Gasteiger partial charge < -0.3 is 20.6 Å². The number of hydrogen-bond acceptors (Lipinski definition) is 16. The first kappa shape index (κ1) is 36.2. The molecule has 5 aromatic rings. The van der Waals surface area contributed by atoms with Crippen LogP contribution in [0.1, 0.15) is 0 Å². The summed E-state index contributed by atoms with van der Waals surface area (Å²) >= 11 is 0. The molecule has 0 saturated heterocycles. The van der Waals surface area contributed by atoms with Gasteiger partial charge in [0.15, 0.2) is 0 Å². The number of azo groups is 2. The molecule has 0 aromatic heterocycles. The number of aromatic hydroxyl groups is 3. The van der Waals surface area contributed by atoms with Crippen molar-refractivity contribution in [2.24, 2.45) is 20.5 Å². The van der Waals surface area contributed by atoms with E-state index in [1.807, 2.05) is 0 Å². The topological polar surface area (TPSA) is 328 Å². The zero-order valence-corrected chi connectivity index (χ0v) is 27.4. The van der Waals surface area contributed by atoms with Gasteiger partial charge in [0, 0.05) is 36.0 Å². The maximum atomic E-state index is 11.9. The molecule has 0 unspecified atom stereocenters. The molecule has 264 valence electrons. The predicted molar refractivity (Wildman–Crippen MR) is 176 cm³/mol. The van der Waals surface area contributed by atoms with E-state index in [4.69, 9.17) is 0 Å². The highest BCUT2D eigenvalue weighted by atomic mass is 32.2. The van der Waals surface area contributed by atoms with Gasteiger partial charge in [0.1, 0.15) is 33.5 Å². The van der Waals surface area contributed by atoms with E-state index in [1.54, 1.807) is 0 Å². The molecular formula is C28H20N6O14S3. The van der Waals surface area contributed by atoms with Crippen LogP contribution in [-0.2, 0) is 30.4 Å². The monoisotopic (exact) mass is 760 g/mol. The summed E-state index contributed by atoms with van der Waals surface area (Å²) in [6.07, 6.45) is 0. The van der Waals surface area contributed by atoms with E-state index >= 15 is 0 Å². The van der Waals surface area contributed by atoms with Gasteiger partial charge in [-0.2, -0.15) is 30.4 Å². The molecule has 7 N–H and O–H groups in total. The number of nitro benzene ring substituents is 1. The molecule has 0 amide bonds. The second-order valence-electron chi connectivity index (χ2n) is 10.2. The van der Waals surface area contributed by atoms with Crippen molar-refractivity contribution in [3.8, 4) is 17.2 Å². The summed E-state index contributed by atoms with van der Waals surface area (Å²) in [5.41, 5.74) is -1.33. The first-order valence-corrected chi connectivity index (χ1v) is 17.8. The number of phenols is 3. The van der Waals surface area contributed by atoms with Crippen molar-refractivity contribution in [1.29, 1.82) is 0 Å². The van der Waals surface area contributed by atoms with Crippen molar-refractivity contribution in [2.75, 3.05) is 5.32 Å². The number of anilines is 2. The number of nitrogens with zero attached hydrogens (tertiary/aromatic N) is 5. The van der Waals surface area contributed by atoms with Crippen LogP contribution in [0.3, 0.4) is 0 Å². The zero-order valence-electron chi connectivity index (χ0n) is 24.9. The second kappa shape index (κ2) is 13.3. The third-order valence-electron chi connectivity index (χ3n) is 6.76. The summed E-state index contributed by atoms with van der Waals surface area (Å²) in [6.45, 7) is 0. The Hall–Kier alpha value is -6.11. The van der Waals surface area contributed by atoms with Gasteiger partial charge in [-0.25, -0.2) is 0 Å². The third-order valence-corrected chi connectivity index (χ3v) is 9.32. The lowest BCUT2D eigenvalue weighted by Crippen LogP contribution is -2.04. The second-order valence-corrected chi connectivity index (χ2v) is 14.5. The summed E-state index contributed by atoms with van der Waals surface area (Å²) < 4.78 is 99.1. The Kier molecular flexibility index (Phi) is 9.44. The lowest BCUT2D eigenvalue weighted by molar-refractivity contribution is -0.385. The number of benzene rings is 5. The molecule has 0 aliphatic heterocycles. The quantitative estimate of drug-likeness (QED) is 0.0361. The zero-order chi connectivity index (χ0) is 37.5. The minimum atomic E-state index is -4.91. The minimum absolute atomic E-state index is 0.163. The van der Waals surface area contributed by atoms with E-state index in [1.165, 1.54) is 24.3 Å². The molecule has 0 saturated carbocycles.